The molecule has 3 aromatic rings. The van der Waals surface area contributed by atoms with E-state index in [1.165, 1.54) is 0 Å². The number of ether oxygens (including phenoxy) is 1. The van der Waals surface area contributed by atoms with Gasteiger partial charge in [0.15, 0.2) is 0 Å². The maximum atomic E-state index is 13.0. The van der Waals surface area contributed by atoms with Gasteiger partial charge in [0.05, 0.1) is 11.3 Å². The van der Waals surface area contributed by atoms with Gasteiger partial charge in [-0.3, -0.25) is 9.59 Å². The highest BCUT2D eigenvalue weighted by Crippen LogP contribution is 2.33. The third kappa shape index (κ3) is 5.15. The quantitative estimate of drug-likeness (QED) is 0.232. The van der Waals surface area contributed by atoms with Gasteiger partial charge in [0.2, 0.25) is 0 Å². The van der Waals surface area contributed by atoms with Crippen LogP contribution in [0.25, 0.3) is 0 Å². The van der Waals surface area contributed by atoms with Crippen LogP contribution in [-0.4, -0.2) is 17.8 Å². The van der Waals surface area contributed by atoms with Gasteiger partial charge < -0.3 is 10.1 Å². The Morgan fingerprint density at radius 2 is 1.53 bits per heavy atom. The first-order chi connectivity index (χ1) is 17.0. The SMILES string of the molecule is Cc1cc(Cl)ccc1N1C(=O)C(Cl)=C(Nc2ccc(C(=O)Oc3ccc(C(C)(C)C)cc3)cc2)C1=O. The van der Waals surface area contributed by atoms with E-state index in [1.54, 1.807) is 61.5 Å². The largest absolute Gasteiger partial charge is 0.423 e. The van der Waals surface area contributed by atoms with Crippen LogP contribution in [0.4, 0.5) is 11.4 Å². The predicted molar refractivity (Wildman–Crippen MR) is 142 cm³/mol. The van der Waals surface area contributed by atoms with Crippen LogP contribution in [-0.2, 0) is 15.0 Å². The highest BCUT2D eigenvalue weighted by Gasteiger charge is 2.39. The fourth-order valence-corrected chi connectivity index (χ4v) is 4.16. The van der Waals surface area contributed by atoms with Crippen molar-refractivity contribution < 1.29 is 19.1 Å². The number of anilines is 2. The van der Waals surface area contributed by atoms with E-state index < -0.39 is 17.8 Å². The molecule has 0 saturated carbocycles. The van der Waals surface area contributed by atoms with Gasteiger partial charge in [-0.2, -0.15) is 0 Å². The number of hydrogen-bond acceptors (Lipinski definition) is 5. The van der Waals surface area contributed by atoms with Crippen molar-refractivity contribution in [3.05, 3.63) is 99.2 Å². The molecule has 1 N–H and O–H groups in total. The zero-order valence-electron chi connectivity index (χ0n) is 20.2. The second-order valence-corrected chi connectivity index (χ2v) is 10.2. The van der Waals surface area contributed by atoms with Crippen molar-refractivity contribution in [1.82, 2.24) is 0 Å². The van der Waals surface area contributed by atoms with E-state index in [0.717, 1.165) is 10.5 Å². The Hall–Kier alpha value is -3.61. The molecule has 0 aromatic heterocycles. The molecule has 0 fully saturated rings. The highest BCUT2D eigenvalue weighted by molar-refractivity contribution is 6.53. The number of nitrogens with one attached hydrogen (secondary N) is 1. The van der Waals surface area contributed by atoms with Crippen LogP contribution in [0.3, 0.4) is 0 Å². The van der Waals surface area contributed by atoms with Crippen molar-refractivity contribution in [2.45, 2.75) is 33.1 Å². The molecule has 184 valence electrons. The van der Waals surface area contributed by atoms with Crippen LogP contribution >= 0.6 is 23.2 Å². The summed E-state index contributed by atoms with van der Waals surface area (Å²) in [6, 6.07) is 18.6. The first kappa shape index (κ1) is 25.5. The van der Waals surface area contributed by atoms with Gasteiger partial charge in [0.25, 0.3) is 11.8 Å². The first-order valence-corrected chi connectivity index (χ1v) is 12.0. The number of nitrogens with zero attached hydrogens (tertiary/aromatic N) is 1. The number of esters is 1. The Morgan fingerprint density at radius 1 is 0.889 bits per heavy atom. The van der Waals surface area contributed by atoms with E-state index in [1.807, 2.05) is 12.1 Å². The molecule has 1 aliphatic heterocycles. The zero-order chi connectivity index (χ0) is 26.2. The molecule has 8 heteroatoms. The highest BCUT2D eigenvalue weighted by atomic mass is 35.5. The molecule has 4 rings (SSSR count). The molecule has 0 unspecified atom stereocenters. The lowest BCUT2D eigenvalue weighted by Crippen LogP contribution is -2.32. The number of halogens is 2. The molecule has 0 radical (unpaired) electrons. The van der Waals surface area contributed by atoms with Crippen LogP contribution in [0.5, 0.6) is 5.75 Å². The number of carbonyl (C=O) groups is 3. The van der Waals surface area contributed by atoms with Crippen molar-refractivity contribution in [3.8, 4) is 5.75 Å². The van der Waals surface area contributed by atoms with Crippen LogP contribution in [0, 0.1) is 6.92 Å². The number of imide groups is 1. The molecular weight excluding hydrogens is 499 g/mol. The van der Waals surface area contributed by atoms with Crippen molar-refractivity contribution in [3.63, 3.8) is 0 Å². The maximum absolute atomic E-state index is 13.0. The Balaban J connectivity index is 1.46. The lowest BCUT2D eigenvalue weighted by atomic mass is 9.87. The molecule has 36 heavy (non-hydrogen) atoms. The molecule has 3 aromatic carbocycles. The summed E-state index contributed by atoms with van der Waals surface area (Å²) >= 11 is 12.2. The second-order valence-electron chi connectivity index (χ2n) is 9.43. The molecule has 1 aliphatic rings. The molecule has 0 bridgehead atoms. The van der Waals surface area contributed by atoms with Crippen LogP contribution in [0.2, 0.25) is 5.02 Å². The standard InChI is InChI=1S/C28H24Cl2N2O4/c1-16-15-19(29)9-14-22(16)32-25(33)23(30)24(26(32)34)31-20-10-5-17(6-11-20)27(35)36-21-12-7-18(8-13-21)28(2,3)4/h5-15,31H,1-4H3. The van der Waals surface area contributed by atoms with E-state index >= 15 is 0 Å². The summed E-state index contributed by atoms with van der Waals surface area (Å²) in [5, 5.41) is 3.16. The smallest absolute Gasteiger partial charge is 0.343 e. The van der Waals surface area contributed by atoms with Crippen molar-refractivity contribution >= 4 is 52.4 Å². The van der Waals surface area contributed by atoms with E-state index in [2.05, 4.69) is 26.1 Å². The maximum Gasteiger partial charge on any atom is 0.343 e. The normalized spacial score (nSPS) is 13.9. The third-order valence-corrected chi connectivity index (χ3v) is 6.33. The zero-order valence-corrected chi connectivity index (χ0v) is 21.7. The Morgan fingerprint density at radius 3 is 2.11 bits per heavy atom. The minimum atomic E-state index is -0.632. The van der Waals surface area contributed by atoms with Gasteiger partial charge >= 0.3 is 5.97 Å². The summed E-state index contributed by atoms with van der Waals surface area (Å²) in [4.78, 5) is 39.3. The number of benzene rings is 3. The van der Waals surface area contributed by atoms with Crippen LogP contribution in [0.15, 0.2) is 77.5 Å². The van der Waals surface area contributed by atoms with Gasteiger partial charge in [-0.05, 0) is 78.1 Å². The number of aryl methyl sites for hydroxylation is 1. The van der Waals surface area contributed by atoms with Gasteiger partial charge in [0.1, 0.15) is 16.5 Å². The fraction of sp³-hybridized carbons (Fsp3) is 0.179. The molecule has 0 saturated heterocycles. The Labute approximate surface area is 219 Å². The summed E-state index contributed by atoms with van der Waals surface area (Å²) in [6.45, 7) is 8.08. The second kappa shape index (κ2) is 9.80. The molecule has 0 spiro atoms. The lowest BCUT2D eigenvalue weighted by molar-refractivity contribution is -0.120. The van der Waals surface area contributed by atoms with E-state index in [9.17, 15) is 14.4 Å². The van der Waals surface area contributed by atoms with E-state index in [4.69, 9.17) is 27.9 Å². The number of rotatable bonds is 5. The number of hydrogen-bond donors (Lipinski definition) is 1. The summed E-state index contributed by atoms with van der Waals surface area (Å²) in [5.74, 6) is -1.29. The minimum absolute atomic E-state index is 0.000301. The molecule has 2 amide bonds. The van der Waals surface area contributed by atoms with E-state index in [0.29, 0.717) is 33.3 Å². The summed E-state index contributed by atoms with van der Waals surface area (Å²) in [5.41, 5.74) is 2.95. The molecular formula is C28H24Cl2N2O4. The minimum Gasteiger partial charge on any atom is -0.423 e. The average molecular weight is 523 g/mol. The molecule has 6 nitrogen and oxygen atoms in total. The molecule has 1 heterocycles. The Bertz CT molecular complexity index is 1390. The van der Waals surface area contributed by atoms with E-state index in [-0.39, 0.29) is 16.1 Å². The van der Waals surface area contributed by atoms with Crippen molar-refractivity contribution in [1.29, 1.82) is 0 Å². The van der Waals surface area contributed by atoms with Crippen molar-refractivity contribution in [2.24, 2.45) is 0 Å². The molecule has 0 atom stereocenters. The molecule has 0 aliphatic carbocycles. The average Bonchev–Trinajstić information content (AvgIpc) is 3.03. The number of carbonyl (C=O) groups excluding carboxylic acids is 3. The monoisotopic (exact) mass is 522 g/mol. The van der Waals surface area contributed by atoms with Crippen molar-refractivity contribution in [2.75, 3.05) is 10.2 Å². The summed E-state index contributed by atoms with van der Waals surface area (Å²) < 4.78 is 5.47. The topological polar surface area (TPSA) is 75.7 Å². The fourth-order valence-electron chi connectivity index (χ4n) is 3.72. The van der Waals surface area contributed by atoms with Crippen LogP contribution < -0.4 is 15.0 Å². The lowest BCUT2D eigenvalue weighted by Gasteiger charge is -2.19. The number of amides is 2. The van der Waals surface area contributed by atoms with Gasteiger partial charge in [-0.1, -0.05) is 56.1 Å². The first-order valence-electron chi connectivity index (χ1n) is 11.2. The third-order valence-electron chi connectivity index (χ3n) is 5.75. The Kier molecular flexibility index (Phi) is 6.94. The van der Waals surface area contributed by atoms with Crippen LogP contribution in [0.1, 0.15) is 42.3 Å². The predicted octanol–water partition coefficient (Wildman–Crippen LogP) is 6.60. The van der Waals surface area contributed by atoms with Gasteiger partial charge in [-0.25, -0.2) is 9.69 Å². The van der Waals surface area contributed by atoms with Gasteiger partial charge in [-0.15, -0.1) is 0 Å². The summed E-state index contributed by atoms with van der Waals surface area (Å²) in [7, 11) is 0. The summed E-state index contributed by atoms with van der Waals surface area (Å²) in [6.07, 6.45) is 0. The van der Waals surface area contributed by atoms with Gasteiger partial charge in [0, 0.05) is 10.7 Å².